The SMILES string of the molecule is O=C(Nc1cccc(-n2cccc2)c1)c1cc(Cl)ccn1. The van der Waals surface area contributed by atoms with Gasteiger partial charge in [-0.05, 0) is 42.5 Å². The first kappa shape index (κ1) is 13.4. The van der Waals surface area contributed by atoms with Crippen LogP contribution in [0.4, 0.5) is 5.69 Å². The van der Waals surface area contributed by atoms with Crippen molar-refractivity contribution in [2.45, 2.75) is 0 Å². The van der Waals surface area contributed by atoms with Crippen LogP contribution in [0.5, 0.6) is 0 Å². The number of benzene rings is 1. The molecule has 0 bridgehead atoms. The molecule has 0 spiro atoms. The van der Waals surface area contributed by atoms with E-state index in [0.29, 0.717) is 10.7 Å². The number of aromatic nitrogens is 2. The number of amides is 1. The first-order valence-electron chi connectivity index (χ1n) is 6.39. The van der Waals surface area contributed by atoms with Crippen LogP contribution in [0.25, 0.3) is 5.69 Å². The summed E-state index contributed by atoms with van der Waals surface area (Å²) in [7, 11) is 0. The van der Waals surface area contributed by atoms with E-state index in [1.165, 1.54) is 12.3 Å². The molecule has 2 aromatic heterocycles. The van der Waals surface area contributed by atoms with E-state index in [1.54, 1.807) is 6.07 Å². The van der Waals surface area contributed by atoms with Crippen molar-refractivity contribution in [1.29, 1.82) is 0 Å². The Kier molecular flexibility index (Phi) is 3.71. The highest BCUT2D eigenvalue weighted by molar-refractivity contribution is 6.30. The van der Waals surface area contributed by atoms with Gasteiger partial charge in [-0.15, -0.1) is 0 Å². The first-order chi connectivity index (χ1) is 10.2. The predicted molar refractivity (Wildman–Crippen MR) is 83.0 cm³/mol. The second kappa shape index (κ2) is 5.81. The number of carbonyl (C=O) groups is 1. The largest absolute Gasteiger partial charge is 0.324 e. The lowest BCUT2D eigenvalue weighted by Gasteiger charge is -2.08. The molecule has 0 aliphatic carbocycles. The van der Waals surface area contributed by atoms with E-state index >= 15 is 0 Å². The average molecular weight is 298 g/mol. The topological polar surface area (TPSA) is 46.9 Å². The molecule has 0 aliphatic rings. The molecule has 1 aromatic carbocycles. The third-order valence-electron chi connectivity index (χ3n) is 2.96. The van der Waals surface area contributed by atoms with Crippen molar-refractivity contribution in [3.63, 3.8) is 0 Å². The summed E-state index contributed by atoms with van der Waals surface area (Å²) in [4.78, 5) is 16.1. The molecule has 0 saturated heterocycles. The summed E-state index contributed by atoms with van der Waals surface area (Å²) in [6.45, 7) is 0. The second-order valence-corrected chi connectivity index (χ2v) is 4.89. The number of halogens is 1. The summed E-state index contributed by atoms with van der Waals surface area (Å²) in [6, 6.07) is 14.6. The van der Waals surface area contributed by atoms with Crippen LogP contribution in [-0.2, 0) is 0 Å². The molecular weight excluding hydrogens is 286 g/mol. The highest BCUT2D eigenvalue weighted by Crippen LogP contribution is 2.16. The van der Waals surface area contributed by atoms with E-state index in [1.807, 2.05) is 53.4 Å². The number of nitrogens with one attached hydrogen (secondary N) is 1. The van der Waals surface area contributed by atoms with Crippen LogP contribution < -0.4 is 5.32 Å². The molecule has 0 atom stereocenters. The highest BCUT2D eigenvalue weighted by atomic mass is 35.5. The van der Waals surface area contributed by atoms with Gasteiger partial charge in [0.1, 0.15) is 5.69 Å². The highest BCUT2D eigenvalue weighted by Gasteiger charge is 2.08. The van der Waals surface area contributed by atoms with E-state index in [4.69, 9.17) is 11.6 Å². The Morgan fingerprint density at radius 3 is 2.67 bits per heavy atom. The lowest BCUT2D eigenvalue weighted by molar-refractivity contribution is 0.102. The Labute approximate surface area is 127 Å². The van der Waals surface area contributed by atoms with E-state index in [9.17, 15) is 4.79 Å². The number of rotatable bonds is 3. The second-order valence-electron chi connectivity index (χ2n) is 4.45. The maximum absolute atomic E-state index is 12.1. The van der Waals surface area contributed by atoms with Crippen LogP contribution in [-0.4, -0.2) is 15.5 Å². The van der Waals surface area contributed by atoms with Crippen molar-refractivity contribution in [3.8, 4) is 5.69 Å². The summed E-state index contributed by atoms with van der Waals surface area (Å²) in [5.41, 5.74) is 1.96. The van der Waals surface area contributed by atoms with Gasteiger partial charge >= 0.3 is 0 Å². The fraction of sp³-hybridized carbons (Fsp3) is 0. The first-order valence-corrected chi connectivity index (χ1v) is 6.76. The summed E-state index contributed by atoms with van der Waals surface area (Å²) in [6.07, 6.45) is 5.40. The van der Waals surface area contributed by atoms with Crippen LogP contribution in [0.2, 0.25) is 5.02 Å². The molecule has 0 fully saturated rings. The van der Waals surface area contributed by atoms with Gasteiger partial charge in [-0.25, -0.2) is 0 Å². The molecule has 0 unspecified atom stereocenters. The van der Waals surface area contributed by atoms with Crippen molar-refractivity contribution in [2.24, 2.45) is 0 Å². The smallest absolute Gasteiger partial charge is 0.274 e. The van der Waals surface area contributed by atoms with Gasteiger partial charge in [-0.1, -0.05) is 17.7 Å². The van der Waals surface area contributed by atoms with Crippen LogP contribution in [0, 0.1) is 0 Å². The summed E-state index contributed by atoms with van der Waals surface area (Å²) < 4.78 is 1.97. The maximum atomic E-state index is 12.1. The van der Waals surface area contributed by atoms with Crippen molar-refractivity contribution in [1.82, 2.24) is 9.55 Å². The third kappa shape index (κ3) is 3.12. The zero-order chi connectivity index (χ0) is 14.7. The number of hydrogen-bond acceptors (Lipinski definition) is 2. The van der Waals surface area contributed by atoms with Crippen LogP contribution in [0.1, 0.15) is 10.5 Å². The van der Waals surface area contributed by atoms with E-state index in [0.717, 1.165) is 5.69 Å². The van der Waals surface area contributed by atoms with Gasteiger partial charge in [0.05, 0.1) is 0 Å². The standard InChI is InChI=1S/C16H12ClN3O/c17-12-6-7-18-15(10-12)16(21)19-13-4-3-5-14(11-13)20-8-1-2-9-20/h1-11H,(H,19,21). The molecule has 2 heterocycles. The molecule has 0 radical (unpaired) electrons. The fourth-order valence-corrected chi connectivity index (χ4v) is 2.13. The average Bonchev–Trinajstić information content (AvgIpc) is 3.02. The van der Waals surface area contributed by atoms with Gasteiger partial charge in [0.2, 0.25) is 0 Å². The Morgan fingerprint density at radius 2 is 1.90 bits per heavy atom. The van der Waals surface area contributed by atoms with Crippen molar-refractivity contribution in [3.05, 3.63) is 77.8 Å². The molecule has 4 nitrogen and oxygen atoms in total. The molecule has 21 heavy (non-hydrogen) atoms. The van der Waals surface area contributed by atoms with Crippen molar-refractivity contribution in [2.75, 3.05) is 5.32 Å². The Bertz CT molecular complexity index is 769. The number of nitrogens with zero attached hydrogens (tertiary/aromatic N) is 2. The molecule has 3 rings (SSSR count). The fourth-order valence-electron chi connectivity index (χ4n) is 1.97. The van der Waals surface area contributed by atoms with Gasteiger partial charge in [-0.2, -0.15) is 0 Å². The Morgan fingerprint density at radius 1 is 1.10 bits per heavy atom. The van der Waals surface area contributed by atoms with E-state index < -0.39 is 0 Å². The van der Waals surface area contributed by atoms with E-state index in [2.05, 4.69) is 10.3 Å². The van der Waals surface area contributed by atoms with E-state index in [-0.39, 0.29) is 11.6 Å². The monoisotopic (exact) mass is 297 g/mol. The summed E-state index contributed by atoms with van der Waals surface area (Å²) in [5.74, 6) is -0.290. The lowest BCUT2D eigenvalue weighted by Crippen LogP contribution is -2.13. The van der Waals surface area contributed by atoms with Crippen LogP contribution in [0.3, 0.4) is 0 Å². The maximum Gasteiger partial charge on any atom is 0.274 e. The number of carbonyl (C=O) groups excluding carboxylic acids is 1. The van der Waals surface area contributed by atoms with Gasteiger partial charge in [0, 0.05) is 35.0 Å². The van der Waals surface area contributed by atoms with Crippen molar-refractivity contribution < 1.29 is 4.79 Å². The molecule has 5 heteroatoms. The van der Waals surface area contributed by atoms with Gasteiger partial charge in [0.15, 0.2) is 0 Å². The minimum absolute atomic E-state index is 0.286. The minimum Gasteiger partial charge on any atom is -0.324 e. The number of pyridine rings is 1. The van der Waals surface area contributed by atoms with Crippen LogP contribution >= 0.6 is 11.6 Å². The quantitative estimate of drug-likeness (QED) is 0.800. The Hall–Kier alpha value is -2.59. The lowest BCUT2D eigenvalue weighted by atomic mass is 10.2. The predicted octanol–water partition coefficient (Wildman–Crippen LogP) is 3.78. The molecule has 1 N–H and O–H groups in total. The van der Waals surface area contributed by atoms with Crippen LogP contribution in [0.15, 0.2) is 67.1 Å². The third-order valence-corrected chi connectivity index (χ3v) is 3.20. The molecule has 1 amide bonds. The Balaban J connectivity index is 1.82. The molecule has 104 valence electrons. The molecular formula is C16H12ClN3O. The summed E-state index contributed by atoms with van der Waals surface area (Å²) in [5, 5.41) is 3.30. The number of hydrogen-bond donors (Lipinski definition) is 1. The van der Waals surface area contributed by atoms with Gasteiger partial charge in [0.25, 0.3) is 5.91 Å². The normalized spacial score (nSPS) is 10.3. The zero-order valence-electron chi connectivity index (χ0n) is 11.0. The summed E-state index contributed by atoms with van der Waals surface area (Å²) >= 11 is 5.86. The van der Waals surface area contributed by atoms with Gasteiger partial charge in [-0.3, -0.25) is 9.78 Å². The minimum atomic E-state index is -0.290. The number of anilines is 1. The zero-order valence-corrected chi connectivity index (χ0v) is 11.8. The van der Waals surface area contributed by atoms with Gasteiger partial charge < -0.3 is 9.88 Å². The molecule has 0 saturated carbocycles. The van der Waals surface area contributed by atoms with Crippen molar-refractivity contribution >= 4 is 23.2 Å². The molecule has 0 aliphatic heterocycles. The molecule has 3 aromatic rings.